The van der Waals surface area contributed by atoms with Crippen LogP contribution >= 0.6 is 0 Å². The van der Waals surface area contributed by atoms with Gasteiger partial charge in [-0.25, -0.2) is 0 Å². The van der Waals surface area contributed by atoms with E-state index in [-0.39, 0.29) is 5.46 Å². The molecule has 0 bridgehead atoms. The smallest absolute Gasteiger partial charge is 0.274 e. The molecule has 0 saturated carbocycles. The monoisotopic (exact) mass is 146 g/mol. The van der Waals surface area contributed by atoms with Gasteiger partial charge in [0.25, 0.3) is 0 Å². The van der Waals surface area contributed by atoms with Crippen molar-refractivity contribution in [3.63, 3.8) is 0 Å². The van der Waals surface area contributed by atoms with E-state index in [0.29, 0.717) is 0 Å². The summed E-state index contributed by atoms with van der Waals surface area (Å²) in [5, 5.41) is 4.86. The molecule has 0 aliphatic heterocycles. The summed E-state index contributed by atoms with van der Waals surface area (Å²) in [4.78, 5) is 0. The molecule has 2 radical (unpaired) electrons. The first-order chi connectivity index (χ1) is 4.52. The fourth-order valence-corrected chi connectivity index (χ4v) is 0.523. The predicted molar refractivity (Wildman–Crippen MR) is 29.0 cm³/mol. The van der Waals surface area contributed by atoms with Gasteiger partial charge in [-0.05, 0) is 5.46 Å². The molecule has 52 valence electrons. The number of hydrogen-bond donors (Lipinski definition) is 1. The van der Waals surface area contributed by atoms with Crippen LogP contribution in [-0.4, -0.2) is 18.0 Å². The summed E-state index contributed by atoms with van der Waals surface area (Å²) in [6, 6.07) is 0. The van der Waals surface area contributed by atoms with Gasteiger partial charge in [-0.1, -0.05) is 0 Å². The second-order valence-corrected chi connectivity index (χ2v) is 1.70. The van der Waals surface area contributed by atoms with Crippen LogP contribution in [0.5, 0.6) is 0 Å². The molecule has 0 aliphatic rings. The Morgan fingerprint density at radius 2 is 2.10 bits per heavy atom. The number of nitrogens with one attached hydrogen (secondary N) is 1. The zero-order valence-corrected chi connectivity index (χ0v) is 4.74. The Morgan fingerprint density at radius 1 is 1.50 bits per heavy atom. The number of aromatic amines is 1. The lowest BCUT2D eigenvalue weighted by molar-refractivity contribution is -0.140. The third-order valence-electron chi connectivity index (χ3n) is 0.952. The van der Waals surface area contributed by atoms with Crippen LogP contribution in [0.15, 0.2) is 6.20 Å². The molecule has 1 heterocycles. The van der Waals surface area contributed by atoms with Gasteiger partial charge in [-0.2, -0.15) is 18.3 Å². The Kier molecular flexibility index (Phi) is 1.46. The van der Waals surface area contributed by atoms with Gasteiger partial charge < -0.3 is 0 Å². The molecule has 1 N–H and O–H groups in total. The first-order valence-corrected chi connectivity index (χ1v) is 2.38. The minimum absolute atomic E-state index is 0.382. The molecule has 10 heavy (non-hydrogen) atoms. The lowest BCUT2D eigenvalue weighted by Crippen LogP contribution is -2.17. The van der Waals surface area contributed by atoms with Crippen LogP contribution in [0.2, 0.25) is 0 Å². The number of rotatable bonds is 0. The van der Waals surface area contributed by atoms with E-state index in [4.69, 9.17) is 7.85 Å². The minimum atomic E-state index is -4.43. The zero-order chi connectivity index (χ0) is 7.78. The van der Waals surface area contributed by atoms with Crippen molar-refractivity contribution in [1.82, 2.24) is 10.2 Å². The maximum Gasteiger partial charge on any atom is 0.432 e. The Hall–Kier alpha value is -0.935. The summed E-state index contributed by atoms with van der Waals surface area (Å²) in [6.45, 7) is 0. The Labute approximate surface area is 55.8 Å². The zero-order valence-electron chi connectivity index (χ0n) is 4.74. The van der Waals surface area contributed by atoms with E-state index in [9.17, 15) is 13.2 Å². The third kappa shape index (κ3) is 1.15. The van der Waals surface area contributed by atoms with Gasteiger partial charge in [0.05, 0.1) is 0 Å². The van der Waals surface area contributed by atoms with E-state index < -0.39 is 11.9 Å². The van der Waals surface area contributed by atoms with Crippen molar-refractivity contribution in [3.05, 3.63) is 11.9 Å². The predicted octanol–water partition coefficient (Wildman–Crippen LogP) is 0.222. The van der Waals surface area contributed by atoms with E-state index in [1.54, 1.807) is 5.10 Å². The lowest BCUT2D eigenvalue weighted by atomic mass is 9.97. The summed E-state index contributed by atoms with van der Waals surface area (Å²) in [7, 11) is 4.91. The number of alkyl halides is 3. The molecule has 6 heteroatoms. The molecule has 1 aromatic rings. The van der Waals surface area contributed by atoms with Crippen LogP contribution in [0.3, 0.4) is 0 Å². The highest BCUT2D eigenvalue weighted by Gasteiger charge is 2.33. The van der Waals surface area contributed by atoms with Crippen LogP contribution in [-0.2, 0) is 6.18 Å². The average Bonchev–Trinajstić information content (AvgIpc) is 2.11. The number of nitrogens with zero attached hydrogens (tertiary/aromatic N) is 1. The second-order valence-electron chi connectivity index (χ2n) is 1.70. The van der Waals surface area contributed by atoms with Crippen molar-refractivity contribution in [2.75, 3.05) is 0 Å². The molecular formula is C4H2BF3N2. The molecular weight excluding hydrogens is 144 g/mol. The third-order valence-corrected chi connectivity index (χ3v) is 0.952. The maximum absolute atomic E-state index is 11.7. The van der Waals surface area contributed by atoms with Crippen molar-refractivity contribution >= 4 is 13.3 Å². The van der Waals surface area contributed by atoms with Gasteiger partial charge in [-0.3, -0.25) is 5.10 Å². The molecule has 1 rings (SSSR count). The van der Waals surface area contributed by atoms with Crippen LogP contribution in [0.4, 0.5) is 13.2 Å². The Morgan fingerprint density at radius 3 is 2.30 bits per heavy atom. The summed E-state index contributed by atoms with van der Waals surface area (Å²) in [5.74, 6) is 0. The van der Waals surface area contributed by atoms with E-state index in [2.05, 4.69) is 5.10 Å². The van der Waals surface area contributed by atoms with Crippen molar-refractivity contribution in [1.29, 1.82) is 0 Å². The largest absolute Gasteiger partial charge is 0.432 e. The lowest BCUT2D eigenvalue weighted by Gasteiger charge is -2.02. The molecule has 0 spiro atoms. The maximum atomic E-state index is 11.7. The topological polar surface area (TPSA) is 28.7 Å². The summed E-state index contributed by atoms with van der Waals surface area (Å²) < 4.78 is 35.2. The van der Waals surface area contributed by atoms with Crippen LogP contribution in [0.25, 0.3) is 0 Å². The van der Waals surface area contributed by atoms with E-state index in [1.165, 1.54) is 0 Å². The van der Waals surface area contributed by atoms with Gasteiger partial charge in [0.1, 0.15) is 13.5 Å². The van der Waals surface area contributed by atoms with Crippen molar-refractivity contribution in [2.24, 2.45) is 0 Å². The molecule has 0 atom stereocenters. The number of H-pyrrole nitrogens is 1. The van der Waals surface area contributed by atoms with Crippen LogP contribution in [0, 0.1) is 0 Å². The summed E-state index contributed by atoms with van der Waals surface area (Å²) >= 11 is 0. The highest BCUT2D eigenvalue weighted by atomic mass is 19.4. The Balaban J connectivity index is 3.05. The normalized spacial score (nSPS) is 11.9. The fourth-order valence-electron chi connectivity index (χ4n) is 0.523. The van der Waals surface area contributed by atoms with Gasteiger partial charge in [0.15, 0.2) is 0 Å². The first kappa shape index (κ1) is 7.18. The summed E-state index contributed by atoms with van der Waals surface area (Å²) in [5.41, 5.74) is -1.37. The number of aromatic nitrogens is 2. The average molecular weight is 146 g/mol. The molecule has 1 aromatic heterocycles. The van der Waals surface area contributed by atoms with Crippen molar-refractivity contribution in [3.8, 4) is 0 Å². The molecule has 0 fully saturated rings. The molecule has 0 aliphatic carbocycles. The van der Waals surface area contributed by atoms with Gasteiger partial charge in [-0.15, -0.1) is 0 Å². The van der Waals surface area contributed by atoms with Crippen LogP contribution in [0.1, 0.15) is 5.69 Å². The highest BCUT2D eigenvalue weighted by Crippen LogP contribution is 2.25. The quantitative estimate of drug-likeness (QED) is 0.521. The van der Waals surface area contributed by atoms with E-state index >= 15 is 0 Å². The SMILES string of the molecule is [B]c1cn[nH]c1C(F)(F)F. The molecule has 0 saturated heterocycles. The van der Waals surface area contributed by atoms with Gasteiger partial charge in [0, 0.05) is 6.20 Å². The highest BCUT2D eigenvalue weighted by molar-refractivity contribution is 6.33. The van der Waals surface area contributed by atoms with Gasteiger partial charge in [0.2, 0.25) is 0 Å². The second kappa shape index (κ2) is 2.03. The molecule has 0 unspecified atom stereocenters. The van der Waals surface area contributed by atoms with Crippen LogP contribution < -0.4 is 5.46 Å². The first-order valence-electron chi connectivity index (χ1n) is 2.38. The standard InChI is InChI=1S/C4H2BF3N2/c5-2-1-9-10-3(2)4(6,7)8/h1H,(H,9,10). The number of halogens is 3. The Bertz CT molecular complexity index is 229. The fraction of sp³-hybridized carbons (Fsp3) is 0.250. The molecule has 0 aromatic carbocycles. The molecule has 0 amide bonds. The van der Waals surface area contributed by atoms with E-state index in [1.807, 2.05) is 0 Å². The summed E-state index contributed by atoms with van der Waals surface area (Å²) in [6.07, 6.45) is -3.51. The molecule has 2 nitrogen and oxygen atoms in total. The van der Waals surface area contributed by atoms with Crippen molar-refractivity contribution in [2.45, 2.75) is 6.18 Å². The number of hydrogen-bond acceptors (Lipinski definition) is 1. The van der Waals surface area contributed by atoms with Gasteiger partial charge >= 0.3 is 6.18 Å². The van der Waals surface area contributed by atoms with Crippen molar-refractivity contribution < 1.29 is 13.2 Å². The van der Waals surface area contributed by atoms with E-state index in [0.717, 1.165) is 6.20 Å². The minimum Gasteiger partial charge on any atom is -0.274 e.